The van der Waals surface area contributed by atoms with E-state index in [4.69, 9.17) is 34.4 Å². The Morgan fingerprint density at radius 2 is 0.788 bits per heavy atom. The highest BCUT2D eigenvalue weighted by atomic mass is 16.5. The summed E-state index contributed by atoms with van der Waals surface area (Å²) in [5.74, 6) is 4.04. The standard InChI is InChI=1S/C18H27N3O2.C17H22N2O4.C16H22N2O3.C14H23N3O/c1-21(2)11-16-15(13-6-7-14(10-13)23-3)8-9-17(19-16)20-18(22)12-4-5-12;1-22-12-6-5-11(9-12)13-7-8-14(18-15(13)17(21)23-2)19-16(20)10-3-4-10;1-21-12-5-4-11(8-12)13-6-7-15(17-14(13)9-19)18-16(20)10-2-3-10;1-17(2)9-13-12(6-7-14(15)16-13)10-4-5-11(8-10)18-3/h8-9,12-14H,4-7,10-11H2,1-3H3,(H,19,20,22);7-8,10-12H,3-6,9H2,1-2H3,(H,18,19,20);6-7,10-12,19H,2-5,8-9H2,1H3,(H,17,18,20);6-7,10-11H,4-5,8-9H2,1-3H3,(H2,15,16). The number of anilines is 4. The van der Waals surface area contributed by atoms with Gasteiger partial charge in [-0.3, -0.25) is 14.4 Å². The highest BCUT2D eigenvalue weighted by molar-refractivity contribution is 5.95. The van der Waals surface area contributed by atoms with Gasteiger partial charge >= 0.3 is 5.97 Å². The second kappa shape index (κ2) is 31.1. The monoisotopic (exact) mass is 1170 g/mol. The van der Waals surface area contributed by atoms with Gasteiger partial charge < -0.3 is 60.3 Å². The van der Waals surface area contributed by atoms with Crippen molar-refractivity contribution in [2.45, 2.75) is 183 Å². The number of carbonyl (C=O) groups excluding carboxylic acids is 4. The summed E-state index contributed by atoms with van der Waals surface area (Å²) in [4.78, 5) is 69.9. The van der Waals surface area contributed by atoms with Gasteiger partial charge in [0.05, 0.1) is 55.2 Å². The van der Waals surface area contributed by atoms with Crippen LogP contribution in [0.25, 0.3) is 0 Å². The number of nitrogens with zero attached hydrogens (tertiary/aromatic N) is 6. The van der Waals surface area contributed by atoms with E-state index in [-0.39, 0.29) is 54.1 Å². The Hall–Kier alpha value is -6.00. The van der Waals surface area contributed by atoms with Crippen molar-refractivity contribution in [1.29, 1.82) is 0 Å². The number of aliphatic hydroxyl groups is 1. The Morgan fingerprint density at radius 3 is 1.13 bits per heavy atom. The molecule has 464 valence electrons. The predicted molar refractivity (Wildman–Crippen MR) is 327 cm³/mol. The van der Waals surface area contributed by atoms with Crippen LogP contribution in [0.2, 0.25) is 0 Å². The molecule has 0 bridgehead atoms. The van der Waals surface area contributed by atoms with Gasteiger partial charge in [0, 0.05) is 59.3 Å². The topological polar surface area (TPSA) is 255 Å². The van der Waals surface area contributed by atoms with Gasteiger partial charge in [0.25, 0.3) is 0 Å². The molecular formula is C65H94N10O10. The highest BCUT2D eigenvalue weighted by Crippen LogP contribution is 2.42. The van der Waals surface area contributed by atoms with Crippen molar-refractivity contribution in [2.24, 2.45) is 17.8 Å². The van der Waals surface area contributed by atoms with Gasteiger partial charge in [0.2, 0.25) is 17.7 Å². The maximum atomic E-state index is 12.1. The Morgan fingerprint density at radius 1 is 0.459 bits per heavy atom. The van der Waals surface area contributed by atoms with Crippen LogP contribution < -0.4 is 21.7 Å². The minimum absolute atomic E-state index is 0.0265. The molecule has 7 aliphatic rings. The summed E-state index contributed by atoms with van der Waals surface area (Å²) in [7, 11) is 16.6. The molecule has 7 fully saturated rings. The molecule has 0 aliphatic heterocycles. The molecule has 7 aliphatic carbocycles. The fourth-order valence-electron chi connectivity index (χ4n) is 12.4. The van der Waals surface area contributed by atoms with Gasteiger partial charge in [-0.2, -0.15) is 0 Å². The first-order chi connectivity index (χ1) is 41.0. The molecule has 0 aromatic carbocycles. The smallest absolute Gasteiger partial charge is 0.357 e. The number of rotatable bonds is 20. The van der Waals surface area contributed by atoms with E-state index < -0.39 is 5.97 Å². The Balaban J connectivity index is 0.000000148. The Kier molecular flexibility index (Phi) is 23.8. The van der Waals surface area contributed by atoms with Crippen LogP contribution in [0.4, 0.5) is 23.3 Å². The zero-order valence-corrected chi connectivity index (χ0v) is 51.7. The van der Waals surface area contributed by atoms with Crippen LogP contribution in [0.1, 0.15) is 189 Å². The minimum Gasteiger partial charge on any atom is -0.464 e. The fourth-order valence-corrected chi connectivity index (χ4v) is 12.4. The molecule has 4 aromatic rings. The summed E-state index contributed by atoms with van der Waals surface area (Å²) in [5.41, 5.74) is 13.6. The van der Waals surface area contributed by atoms with Gasteiger partial charge in [-0.05, 0) is 214 Å². The number of carbonyl (C=O) groups is 4. The van der Waals surface area contributed by atoms with Gasteiger partial charge in [-0.15, -0.1) is 0 Å². The molecule has 4 heterocycles. The molecular weight excluding hydrogens is 1080 g/mol. The van der Waals surface area contributed by atoms with Crippen LogP contribution in [-0.2, 0) is 57.8 Å². The number of hydrogen-bond donors (Lipinski definition) is 5. The molecule has 85 heavy (non-hydrogen) atoms. The van der Waals surface area contributed by atoms with E-state index in [0.717, 1.165) is 145 Å². The van der Waals surface area contributed by atoms with Crippen LogP contribution in [-0.4, -0.2) is 147 Å². The van der Waals surface area contributed by atoms with E-state index in [9.17, 15) is 24.3 Å². The first-order valence-electron chi connectivity index (χ1n) is 30.8. The molecule has 8 atom stereocenters. The number of nitrogen functional groups attached to an aromatic ring is 1. The van der Waals surface area contributed by atoms with Gasteiger partial charge in [-0.25, -0.2) is 24.7 Å². The molecule has 0 saturated heterocycles. The number of aromatic nitrogens is 4. The second-order valence-corrected chi connectivity index (χ2v) is 24.8. The van der Waals surface area contributed by atoms with Crippen molar-refractivity contribution in [2.75, 3.05) is 85.4 Å². The lowest BCUT2D eigenvalue weighted by molar-refractivity contribution is -0.118. The molecule has 8 unspecified atom stereocenters. The van der Waals surface area contributed by atoms with Gasteiger partial charge in [0.1, 0.15) is 23.3 Å². The maximum Gasteiger partial charge on any atom is 0.357 e. The number of ether oxygens (including phenoxy) is 5. The maximum absolute atomic E-state index is 12.1. The van der Waals surface area contributed by atoms with E-state index >= 15 is 0 Å². The van der Waals surface area contributed by atoms with E-state index in [2.05, 4.69) is 66.9 Å². The summed E-state index contributed by atoms with van der Waals surface area (Å²) < 4.78 is 26.6. The van der Waals surface area contributed by atoms with Crippen molar-refractivity contribution < 1.29 is 48.0 Å². The van der Waals surface area contributed by atoms with Crippen molar-refractivity contribution in [3.63, 3.8) is 0 Å². The molecule has 6 N–H and O–H groups in total. The number of esters is 1. The molecule has 20 heteroatoms. The Bertz CT molecular complexity index is 2880. The average Bonchev–Trinajstić information content (AvgIpc) is 4.64. The lowest BCUT2D eigenvalue weighted by Gasteiger charge is -2.19. The third-order valence-corrected chi connectivity index (χ3v) is 17.7. The minimum atomic E-state index is -0.469. The van der Waals surface area contributed by atoms with E-state index in [0.29, 0.717) is 70.7 Å². The number of nitrogens with one attached hydrogen (secondary N) is 3. The molecule has 7 saturated carbocycles. The normalized spacial score (nSPS) is 24.1. The largest absolute Gasteiger partial charge is 0.464 e. The average molecular weight is 1180 g/mol. The third kappa shape index (κ3) is 18.8. The zero-order valence-electron chi connectivity index (χ0n) is 51.7. The van der Waals surface area contributed by atoms with Crippen molar-refractivity contribution >= 4 is 47.0 Å². The second-order valence-electron chi connectivity index (χ2n) is 24.8. The molecule has 20 nitrogen and oxygen atoms in total. The first kappa shape index (κ1) is 65.0. The van der Waals surface area contributed by atoms with Crippen molar-refractivity contribution in [3.8, 4) is 0 Å². The summed E-state index contributed by atoms with van der Waals surface area (Å²) >= 11 is 0. The third-order valence-electron chi connectivity index (χ3n) is 17.7. The first-order valence-corrected chi connectivity index (χ1v) is 30.8. The summed E-state index contributed by atoms with van der Waals surface area (Å²) in [5, 5.41) is 18.1. The van der Waals surface area contributed by atoms with Crippen LogP contribution in [0, 0.1) is 17.8 Å². The van der Waals surface area contributed by atoms with E-state index in [1.165, 1.54) is 24.7 Å². The highest BCUT2D eigenvalue weighted by Gasteiger charge is 2.35. The molecule has 0 radical (unpaired) electrons. The van der Waals surface area contributed by atoms with Crippen LogP contribution in [0.5, 0.6) is 0 Å². The van der Waals surface area contributed by atoms with Gasteiger partial charge in [0.15, 0.2) is 5.69 Å². The van der Waals surface area contributed by atoms with Crippen molar-refractivity contribution in [1.82, 2.24) is 29.7 Å². The van der Waals surface area contributed by atoms with Crippen molar-refractivity contribution in [3.05, 3.63) is 93.6 Å². The fraction of sp³-hybridized carbons (Fsp3) is 0.631. The van der Waals surface area contributed by atoms with Crippen LogP contribution >= 0.6 is 0 Å². The number of hydrogen-bond acceptors (Lipinski definition) is 17. The predicted octanol–water partition coefficient (Wildman–Crippen LogP) is 9.49. The number of aliphatic hydroxyl groups excluding tert-OH is 1. The van der Waals surface area contributed by atoms with E-state index in [1.807, 2.05) is 44.4 Å². The molecule has 4 aromatic heterocycles. The summed E-state index contributed by atoms with van der Waals surface area (Å²) in [6.07, 6.45) is 19.7. The lowest BCUT2D eigenvalue weighted by atomic mass is 9.95. The van der Waals surface area contributed by atoms with Gasteiger partial charge in [-0.1, -0.05) is 24.3 Å². The molecule has 0 spiro atoms. The SMILES string of the molecule is COC(=O)c1nc(NC(=O)C2CC2)ccc1C1CCC(OC)C1.COC1CCC(c2ccc(N)nc2CN(C)C)C1.COC1CCC(c2ccc(NC(=O)C3CC3)nc2CN(C)C)C1.COC1CCC(c2ccc(NC(=O)C3CC3)nc2CO)C1. The number of methoxy groups -OCH3 is 5. The zero-order chi connectivity index (χ0) is 60.7. The summed E-state index contributed by atoms with van der Waals surface area (Å²) in [6.45, 7) is 1.53. The van der Waals surface area contributed by atoms with Crippen LogP contribution in [0.15, 0.2) is 48.5 Å². The molecule has 3 amide bonds. The quantitative estimate of drug-likeness (QED) is 0.0516. The lowest BCUT2D eigenvalue weighted by Crippen LogP contribution is -2.18. The molecule has 11 rings (SSSR count). The number of pyridine rings is 4. The van der Waals surface area contributed by atoms with E-state index in [1.54, 1.807) is 34.5 Å². The number of amides is 3. The summed E-state index contributed by atoms with van der Waals surface area (Å²) in [6, 6.07) is 15.6. The Labute approximate surface area is 502 Å². The van der Waals surface area contributed by atoms with Crippen LogP contribution in [0.3, 0.4) is 0 Å². The number of nitrogens with two attached hydrogens (primary N) is 1.